The summed E-state index contributed by atoms with van der Waals surface area (Å²) in [7, 11) is -3.79. The first-order chi connectivity index (χ1) is 16.3. The summed E-state index contributed by atoms with van der Waals surface area (Å²) >= 11 is 0. The Kier molecular flexibility index (Phi) is 6.94. The average Bonchev–Trinajstić information content (AvgIpc) is 3.37. The second-order valence-electron chi connectivity index (χ2n) is 7.93. The topological polar surface area (TPSA) is 135 Å². The zero-order chi connectivity index (χ0) is 24.1. The van der Waals surface area contributed by atoms with Crippen LogP contribution in [0.3, 0.4) is 0 Å². The van der Waals surface area contributed by atoms with Gasteiger partial charge in [-0.25, -0.2) is 13.1 Å². The Bertz CT molecular complexity index is 1270. The van der Waals surface area contributed by atoms with Crippen molar-refractivity contribution in [2.75, 3.05) is 23.3 Å². The van der Waals surface area contributed by atoms with E-state index in [-0.39, 0.29) is 29.0 Å². The standard InChI is InChI=1S/C23H24N4O6S/c28-23(17-10-12-26(13-11-17)21-8-1-2-9-22(21)27(29)30)25-18-5-3-7-20(15-18)34(31,32)24-16-19-6-4-14-33-19/h1-9,14-15,17,24H,10-13,16H2,(H,25,28). The third-order valence-electron chi connectivity index (χ3n) is 5.71. The van der Waals surface area contributed by atoms with E-state index < -0.39 is 14.9 Å². The number of hydrogen-bond donors (Lipinski definition) is 2. The van der Waals surface area contributed by atoms with Crippen LogP contribution < -0.4 is 14.9 Å². The molecule has 0 saturated carbocycles. The highest BCUT2D eigenvalue weighted by Gasteiger charge is 2.28. The fourth-order valence-corrected chi connectivity index (χ4v) is 4.96. The molecule has 0 spiro atoms. The average molecular weight is 485 g/mol. The van der Waals surface area contributed by atoms with Crippen LogP contribution in [-0.2, 0) is 21.4 Å². The van der Waals surface area contributed by atoms with Crippen LogP contribution in [0.4, 0.5) is 17.1 Å². The third-order valence-corrected chi connectivity index (χ3v) is 7.11. The SMILES string of the molecule is O=C(Nc1cccc(S(=O)(=O)NCc2ccco2)c1)C1CCN(c2ccccc2[N+](=O)[O-])CC1. The van der Waals surface area contributed by atoms with Gasteiger partial charge in [0.1, 0.15) is 11.4 Å². The number of nitro benzene ring substituents is 1. The fourth-order valence-electron chi connectivity index (χ4n) is 3.92. The molecule has 0 bridgehead atoms. The molecule has 1 aromatic heterocycles. The Hall–Kier alpha value is -3.70. The molecule has 1 aliphatic rings. The third kappa shape index (κ3) is 5.43. The maximum absolute atomic E-state index is 12.8. The van der Waals surface area contributed by atoms with Gasteiger partial charge in [-0.15, -0.1) is 0 Å². The summed E-state index contributed by atoms with van der Waals surface area (Å²) in [5, 5.41) is 14.1. The molecule has 4 rings (SSSR count). The first-order valence-corrected chi connectivity index (χ1v) is 12.2. The number of hydrogen-bond acceptors (Lipinski definition) is 7. The second-order valence-corrected chi connectivity index (χ2v) is 9.70. The number of benzene rings is 2. The Balaban J connectivity index is 1.36. The summed E-state index contributed by atoms with van der Waals surface area (Å²) in [6.07, 6.45) is 2.52. The number of anilines is 2. The minimum Gasteiger partial charge on any atom is -0.468 e. The summed E-state index contributed by atoms with van der Waals surface area (Å²) in [6.45, 7) is 1.03. The monoisotopic (exact) mass is 484 g/mol. The summed E-state index contributed by atoms with van der Waals surface area (Å²) in [6, 6.07) is 16.0. The Morgan fingerprint density at radius 3 is 2.56 bits per heavy atom. The lowest BCUT2D eigenvalue weighted by molar-refractivity contribution is -0.384. The molecule has 10 nitrogen and oxygen atoms in total. The number of sulfonamides is 1. The van der Waals surface area contributed by atoms with Crippen LogP contribution in [0.5, 0.6) is 0 Å². The molecule has 0 atom stereocenters. The molecule has 11 heteroatoms. The predicted molar refractivity (Wildman–Crippen MR) is 126 cm³/mol. The summed E-state index contributed by atoms with van der Waals surface area (Å²) < 4.78 is 32.8. The van der Waals surface area contributed by atoms with E-state index in [0.717, 1.165) is 0 Å². The van der Waals surface area contributed by atoms with Crippen molar-refractivity contribution in [1.82, 2.24) is 4.72 Å². The summed E-state index contributed by atoms with van der Waals surface area (Å²) in [5.74, 6) is -0.00290. The highest BCUT2D eigenvalue weighted by molar-refractivity contribution is 7.89. The van der Waals surface area contributed by atoms with E-state index in [4.69, 9.17) is 4.42 Å². The van der Waals surface area contributed by atoms with Crippen molar-refractivity contribution in [3.05, 3.63) is 82.8 Å². The number of para-hydroxylation sites is 2. The van der Waals surface area contributed by atoms with E-state index in [2.05, 4.69) is 10.0 Å². The van der Waals surface area contributed by atoms with Crippen molar-refractivity contribution in [3.8, 4) is 0 Å². The van der Waals surface area contributed by atoms with Crippen LogP contribution in [-0.4, -0.2) is 32.3 Å². The molecule has 2 heterocycles. The first kappa shape index (κ1) is 23.5. The molecule has 1 amide bonds. The van der Waals surface area contributed by atoms with Gasteiger partial charge in [-0.05, 0) is 49.2 Å². The Morgan fingerprint density at radius 1 is 1.09 bits per heavy atom. The maximum atomic E-state index is 12.8. The van der Waals surface area contributed by atoms with Crippen molar-refractivity contribution in [1.29, 1.82) is 0 Å². The van der Waals surface area contributed by atoms with Crippen molar-refractivity contribution in [2.24, 2.45) is 5.92 Å². The number of carbonyl (C=O) groups excluding carboxylic acids is 1. The molecule has 0 aliphatic carbocycles. The first-order valence-electron chi connectivity index (χ1n) is 10.7. The highest BCUT2D eigenvalue weighted by Crippen LogP contribution is 2.31. The van der Waals surface area contributed by atoms with Crippen molar-refractivity contribution >= 4 is 33.0 Å². The van der Waals surface area contributed by atoms with E-state index in [1.807, 2.05) is 4.90 Å². The molecule has 34 heavy (non-hydrogen) atoms. The lowest BCUT2D eigenvalue weighted by Gasteiger charge is -2.32. The van der Waals surface area contributed by atoms with Gasteiger partial charge in [0.15, 0.2) is 0 Å². The summed E-state index contributed by atoms with van der Waals surface area (Å²) in [5.41, 5.74) is 0.974. The van der Waals surface area contributed by atoms with Crippen LogP contribution in [0.1, 0.15) is 18.6 Å². The highest BCUT2D eigenvalue weighted by atomic mass is 32.2. The molecular weight excluding hydrogens is 460 g/mol. The summed E-state index contributed by atoms with van der Waals surface area (Å²) in [4.78, 5) is 25.7. The van der Waals surface area contributed by atoms with Crippen LogP contribution in [0.15, 0.2) is 76.2 Å². The lowest BCUT2D eigenvalue weighted by Crippen LogP contribution is -2.38. The van der Waals surface area contributed by atoms with Crippen LogP contribution in [0, 0.1) is 16.0 Å². The zero-order valence-electron chi connectivity index (χ0n) is 18.2. The molecule has 1 aliphatic heterocycles. The molecule has 2 aromatic carbocycles. The molecule has 3 aromatic rings. The molecule has 0 radical (unpaired) electrons. The van der Waals surface area contributed by atoms with Gasteiger partial charge in [0.2, 0.25) is 15.9 Å². The van der Waals surface area contributed by atoms with Gasteiger partial charge in [0.25, 0.3) is 5.69 Å². The van der Waals surface area contributed by atoms with Crippen LogP contribution in [0.25, 0.3) is 0 Å². The van der Waals surface area contributed by atoms with Gasteiger partial charge in [0.05, 0.1) is 22.6 Å². The van der Waals surface area contributed by atoms with Crippen LogP contribution >= 0.6 is 0 Å². The van der Waals surface area contributed by atoms with E-state index in [0.29, 0.717) is 43.1 Å². The van der Waals surface area contributed by atoms with Gasteiger partial charge >= 0.3 is 0 Å². The molecular formula is C23H24N4O6S. The molecule has 2 N–H and O–H groups in total. The number of carbonyl (C=O) groups is 1. The quantitative estimate of drug-likeness (QED) is 0.369. The molecule has 0 unspecified atom stereocenters. The van der Waals surface area contributed by atoms with E-state index in [1.165, 1.54) is 24.5 Å². The zero-order valence-corrected chi connectivity index (χ0v) is 19.0. The molecule has 178 valence electrons. The number of piperidine rings is 1. The Labute approximate surface area is 196 Å². The van der Waals surface area contributed by atoms with Crippen molar-refractivity contribution < 1.29 is 22.6 Å². The normalized spacial score (nSPS) is 14.6. The molecule has 1 fully saturated rings. The fraction of sp³-hybridized carbons (Fsp3) is 0.261. The van der Waals surface area contributed by atoms with Gasteiger partial charge in [-0.3, -0.25) is 14.9 Å². The van der Waals surface area contributed by atoms with Crippen molar-refractivity contribution in [3.63, 3.8) is 0 Å². The number of nitrogens with one attached hydrogen (secondary N) is 2. The van der Waals surface area contributed by atoms with Gasteiger partial charge in [-0.2, -0.15) is 0 Å². The largest absolute Gasteiger partial charge is 0.468 e. The number of nitrogens with zero attached hydrogens (tertiary/aromatic N) is 2. The van der Waals surface area contributed by atoms with E-state index in [9.17, 15) is 23.3 Å². The van der Waals surface area contributed by atoms with Gasteiger partial charge < -0.3 is 14.6 Å². The number of furan rings is 1. The maximum Gasteiger partial charge on any atom is 0.292 e. The Morgan fingerprint density at radius 2 is 1.85 bits per heavy atom. The van der Waals surface area contributed by atoms with Crippen molar-refractivity contribution in [2.45, 2.75) is 24.3 Å². The number of nitro groups is 1. The second kappa shape index (κ2) is 10.1. The van der Waals surface area contributed by atoms with Gasteiger partial charge in [-0.1, -0.05) is 18.2 Å². The number of amides is 1. The predicted octanol–water partition coefficient (Wildman–Crippen LogP) is 3.52. The van der Waals surface area contributed by atoms with Crippen LogP contribution in [0.2, 0.25) is 0 Å². The lowest BCUT2D eigenvalue weighted by atomic mass is 9.95. The van der Waals surface area contributed by atoms with Gasteiger partial charge in [0, 0.05) is 30.8 Å². The van der Waals surface area contributed by atoms with E-state index >= 15 is 0 Å². The molecule has 1 saturated heterocycles. The number of rotatable bonds is 8. The smallest absolute Gasteiger partial charge is 0.292 e. The minimum atomic E-state index is -3.79. The van der Waals surface area contributed by atoms with E-state index in [1.54, 1.807) is 42.5 Å². The minimum absolute atomic E-state index is 0.0179.